The summed E-state index contributed by atoms with van der Waals surface area (Å²) in [5.41, 5.74) is 6.03. The van der Waals surface area contributed by atoms with Gasteiger partial charge in [0.05, 0.1) is 7.11 Å². The average Bonchev–Trinajstić information content (AvgIpc) is 2.26. The van der Waals surface area contributed by atoms with Gasteiger partial charge < -0.3 is 10.5 Å². The van der Waals surface area contributed by atoms with Crippen LogP contribution in [0.4, 0.5) is 4.39 Å². The van der Waals surface area contributed by atoms with Crippen molar-refractivity contribution < 1.29 is 13.9 Å². The van der Waals surface area contributed by atoms with Crippen LogP contribution < -0.4 is 5.73 Å². The molecule has 1 atom stereocenters. The molecule has 1 aromatic rings. The highest BCUT2D eigenvalue weighted by molar-refractivity contribution is 5.69. The highest BCUT2D eigenvalue weighted by Gasteiger charge is 2.13. The number of aromatic nitrogens is 1. The Morgan fingerprint density at radius 2 is 2.47 bits per heavy atom. The van der Waals surface area contributed by atoms with Crippen molar-refractivity contribution in [1.29, 1.82) is 0 Å². The predicted octanol–water partition coefficient (Wildman–Crippen LogP) is 1.17. The zero-order chi connectivity index (χ0) is 11.3. The first-order valence-corrected chi connectivity index (χ1v) is 4.58. The van der Waals surface area contributed by atoms with Crippen molar-refractivity contribution in [2.24, 2.45) is 5.73 Å². The molecule has 1 aromatic heterocycles. The summed E-state index contributed by atoms with van der Waals surface area (Å²) in [5, 5.41) is 0. The van der Waals surface area contributed by atoms with Crippen molar-refractivity contribution in [3.05, 3.63) is 29.8 Å². The van der Waals surface area contributed by atoms with E-state index in [-0.39, 0.29) is 12.4 Å². The fourth-order valence-corrected chi connectivity index (χ4v) is 1.21. The molecule has 5 heteroatoms. The van der Waals surface area contributed by atoms with Gasteiger partial charge in [0, 0.05) is 24.2 Å². The van der Waals surface area contributed by atoms with Gasteiger partial charge in [0.25, 0.3) is 0 Å². The lowest BCUT2D eigenvalue weighted by Crippen LogP contribution is -2.15. The van der Waals surface area contributed by atoms with Gasteiger partial charge in [-0.15, -0.1) is 0 Å². The van der Waals surface area contributed by atoms with Gasteiger partial charge in [0.1, 0.15) is 0 Å². The fraction of sp³-hybridized carbons (Fsp3) is 0.400. The van der Waals surface area contributed by atoms with E-state index in [9.17, 15) is 9.18 Å². The Kier molecular flexibility index (Phi) is 4.17. The van der Waals surface area contributed by atoms with E-state index >= 15 is 0 Å². The maximum absolute atomic E-state index is 13.1. The minimum atomic E-state index is -0.588. The van der Waals surface area contributed by atoms with Crippen LogP contribution in [0.25, 0.3) is 0 Å². The van der Waals surface area contributed by atoms with Gasteiger partial charge in [0.2, 0.25) is 5.95 Å². The zero-order valence-electron chi connectivity index (χ0n) is 8.44. The van der Waals surface area contributed by atoms with Gasteiger partial charge in [0.15, 0.2) is 0 Å². The van der Waals surface area contributed by atoms with Crippen molar-refractivity contribution in [2.75, 3.05) is 7.11 Å². The van der Waals surface area contributed by atoms with E-state index in [4.69, 9.17) is 5.73 Å². The fourth-order valence-electron chi connectivity index (χ4n) is 1.21. The lowest BCUT2D eigenvalue weighted by Gasteiger charge is -2.10. The number of rotatable bonds is 4. The van der Waals surface area contributed by atoms with Crippen LogP contribution in [0.5, 0.6) is 0 Å². The van der Waals surface area contributed by atoms with E-state index in [0.717, 1.165) is 0 Å². The monoisotopic (exact) mass is 212 g/mol. The minimum absolute atomic E-state index is 0.173. The van der Waals surface area contributed by atoms with Crippen LogP contribution in [-0.2, 0) is 9.53 Å². The van der Waals surface area contributed by atoms with E-state index < -0.39 is 12.0 Å². The Bertz CT molecular complexity index is 344. The number of halogens is 1. The number of ether oxygens (including phenoxy) is 1. The van der Waals surface area contributed by atoms with Gasteiger partial charge >= 0.3 is 5.97 Å². The second-order valence-electron chi connectivity index (χ2n) is 3.10. The average molecular weight is 212 g/mol. The third-order valence-electron chi connectivity index (χ3n) is 2.07. The van der Waals surface area contributed by atoms with Crippen LogP contribution in [0.1, 0.15) is 24.4 Å². The highest BCUT2D eigenvalue weighted by atomic mass is 19.1. The van der Waals surface area contributed by atoms with Gasteiger partial charge in [-0.3, -0.25) is 4.79 Å². The van der Waals surface area contributed by atoms with Crippen LogP contribution in [0.2, 0.25) is 0 Å². The van der Waals surface area contributed by atoms with E-state index in [2.05, 4.69) is 9.72 Å². The number of nitrogens with two attached hydrogens (primary N) is 1. The molecule has 1 unspecified atom stereocenters. The summed E-state index contributed by atoms with van der Waals surface area (Å²) in [5.74, 6) is -0.940. The number of pyridine rings is 1. The van der Waals surface area contributed by atoms with Crippen molar-refractivity contribution in [1.82, 2.24) is 4.98 Å². The van der Waals surface area contributed by atoms with Crippen LogP contribution >= 0.6 is 0 Å². The lowest BCUT2D eigenvalue weighted by molar-refractivity contribution is -0.140. The van der Waals surface area contributed by atoms with Gasteiger partial charge in [-0.25, -0.2) is 4.98 Å². The smallest absolute Gasteiger partial charge is 0.305 e. The largest absolute Gasteiger partial charge is 0.469 e. The van der Waals surface area contributed by atoms with E-state index in [1.54, 1.807) is 12.1 Å². The molecule has 0 aliphatic heterocycles. The standard InChI is InChI=1S/C10H13FN2O2/c1-15-9(14)5-4-8(12)7-3-2-6-13-10(7)11/h2-3,6,8H,4-5,12H2,1H3. The number of hydrogen-bond acceptors (Lipinski definition) is 4. The summed E-state index contributed by atoms with van der Waals surface area (Å²) in [6, 6.07) is 2.64. The number of nitrogens with zero attached hydrogens (tertiary/aromatic N) is 1. The molecule has 0 saturated carbocycles. The van der Waals surface area contributed by atoms with Crippen LogP contribution in [-0.4, -0.2) is 18.1 Å². The molecule has 0 amide bonds. The maximum atomic E-state index is 13.1. The Morgan fingerprint density at radius 3 is 3.07 bits per heavy atom. The number of methoxy groups -OCH3 is 1. The Hall–Kier alpha value is -1.49. The number of carbonyl (C=O) groups excluding carboxylic acids is 1. The minimum Gasteiger partial charge on any atom is -0.469 e. The van der Waals surface area contributed by atoms with Gasteiger partial charge in [-0.05, 0) is 12.5 Å². The molecular weight excluding hydrogens is 199 g/mol. The highest BCUT2D eigenvalue weighted by Crippen LogP contribution is 2.17. The maximum Gasteiger partial charge on any atom is 0.305 e. The van der Waals surface area contributed by atoms with Crippen LogP contribution in [0.3, 0.4) is 0 Å². The molecule has 1 heterocycles. The van der Waals surface area contributed by atoms with Crippen molar-refractivity contribution >= 4 is 5.97 Å². The Balaban J connectivity index is 2.57. The molecule has 0 aliphatic carbocycles. The van der Waals surface area contributed by atoms with Crippen LogP contribution in [0.15, 0.2) is 18.3 Å². The molecule has 0 radical (unpaired) electrons. The van der Waals surface area contributed by atoms with Crippen LogP contribution in [0, 0.1) is 5.95 Å². The number of carbonyl (C=O) groups is 1. The molecule has 0 spiro atoms. The molecule has 0 aromatic carbocycles. The summed E-state index contributed by atoms with van der Waals surface area (Å²) in [6.45, 7) is 0. The van der Waals surface area contributed by atoms with Crippen molar-refractivity contribution in [3.8, 4) is 0 Å². The van der Waals surface area contributed by atoms with Crippen molar-refractivity contribution in [3.63, 3.8) is 0 Å². The first-order chi connectivity index (χ1) is 7.15. The molecular formula is C10H13FN2O2. The molecule has 1 rings (SSSR count). The first kappa shape index (κ1) is 11.6. The summed E-state index contributed by atoms with van der Waals surface area (Å²) in [7, 11) is 1.30. The third-order valence-corrected chi connectivity index (χ3v) is 2.07. The molecule has 0 fully saturated rings. The second kappa shape index (κ2) is 5.41. The van der Waals surface area contributed by atoms with Gasteiger partial charge in [-0.1, -0.05) is 6.07 Å². The SMILES string of the molecule is COC(=O)CCC(N)c1cccnc1F. The van der Waals surface area contributed by atoms with E-state index in [1.807, 2.05) is 0 Å². The Labute approximate surface area is 87.3 Å². The molecule has 4 nitrogen and oxygen atoms in total. The molecule has 2 N–H and O–H groups in total. The Morgan fingerprint density at radius 1 is 1.73 bits per heavy atom. The summed E-state index contributed by atoms with van der Waals surface area (Å²) < 4.78 is 17.6. The van der Waals surface area contributed by atoms with Gasteiger partial charge in [-0.2, -0.15) is 4.39 Å². The lowest BCUT2D eigenvalue weighted by atomic mass is 10.0. The summed E-state index contributed by atoms with van der Waals surface area (Å²) in [6.07, 6.45) is 1.87. The molecule has 0 aliphatic rings. The zero-order valence-corrected chi connectivity index (χ0v) is 8.44. The predicted molar refractivity (Wildman–Crippen MR) is 52.4 cm³/mol. The first-order valence-electron chi connectivity index (χ1n) is 4.58. The molecule has 15 heavy (non-hydrogen) atoms. The topological polar surface area (TPSA) is 65.2 Å². The summed E-state index contributed by atoms with van der Waals surface area (Å²) in [4.78, 5) is 14.3. The second-order valence-corrected chi connectivity index (χ2v) is 3.10. The number of esters is 1. The quantitative estimate of drug-likeness (QED) is 0.601. The van der Waals surface area contributed by atoms with Crippen molar-refractivity contribution in [2.45, 2.75) is 18.9 Å². The molecule has 0 saturated heterocycles. The summed E-state index contributed by atoms with van der Waals surface area (Å²) >= 11 is 0. The van der Waals surface area contributed by atoms with E-state index in [0.29, 0.717) is 12.0 Å². The van der Waals surface area contributed by atoms with E-state index in [1.165, 1.54) is 13.3 Å². The normalized spacial score (nSPS) is 12.2. The molecule has 0 bridgehead atoms. The number of hydrogen-bond donors (Lipinski definition) is 1. The molecule has 82 valence electrons. The third kappa shape index (κ3) is 3.28.